The first-order valence-electron chi connectivity index (χ1n) is 7.90. The summed E-state index contributed by atoms with van der Waals surface area (Å²) in [5, 5.41) is 0.184. The van der Waals surface area contributed by atoms with Gasteiger partial charge in [0, 0.05) is 19.6 Å². The Morgan fingerprint density at radius 1 is 1.43 bits per heavy atom. The van der Waals surface area contributed by atoms with Crippen LogP contribution in [0.3, 0.4) is 0 Å². The fourth-order valence-corrected chi connectivity index (χ4v) is 3.47. The molecule has 0 aromatic carbocycles. The number of amides is 1. The number of nitrogens with zero attached hydrogens (tertiary/aromatic N) is 1. The molecule has 21 heavy (non-hydrogen) atoms. The van der Waals surface area contributed by atoms with Crippen molar-refractivity contribution in [1.82, 2.24) is 4.90 Å². The molecule has 124 valence electrons. The molecule has 0 saturated carbocycles. The normalized spacial score (nSPS) is 22.0. The molecule has 5 nitrogen and oxygen atoms in total. The van der Waals surface area contributed by atoms with E-state index in [0.29, 0.717) is 13.1 Å². The second-order valence-electron chi connectivity index (χ2n) is 7.52. The predicted octanol–water partition coefficient (Wildman–Crippen LogP) is 2.96. The van der Waals surface area contributed by atoms with Gasteiger partial charge in [-0.2, -0.15) is 0 Å². The highest BCUT2D eigenvalue weighted by Crippen LogP contribution is 2.38. The average Bonchev–Trinajstić information content (AvgIpc) is 2.37. The van der Waals surface area contributed by atoms with Crippen molar-refractivity contribution < 1.29 is 14.0 Å². The number of piperidine rings is 1. The maximum absolute atomic E-state index is 12.1. The van der Waals surface area contributed by atoms with E-state index in [0.717, 1.165) is 19.4 Å². The lowest BCUT2D eigenvalue weighted by atomic mass is 10.1. The molecule has 1 rings (SSSR count). The lowest BCUT2D eigenvalue weighted by Gasteiger charge is -2.42. The molecule has 1 aliphatic rings. The Kier molecular flexibility index (Phi) is 6.25. The van der Waals surface area contributed by atoms with Crippen LogP contribution in [0.15, 0.2) is 0 Å². The van der Waals surface area contributed by atoms with Gasteiger partial charge in [-0.05, 0) is 37.9 Å². The van der Waals surface area contributed by atoms with E-state index in [2.05, 4.69) is 33.9 Å². The van der Waals surface area contributed by atoms with Gasteiger partial charge >= 0.3 is 6.09 Å². The molecule has 0 aliphatic carbocycles. The molecule has 1 fully saturated rings. The Hall–Kier alpha value is -0.593. The van der Waals surface area contributed by atoms with Gasteiger partial charge in [0.15, 0.2) is 8.32 Å². The number of hydrogen-bond acceptors (Lipinski definition) is 4. The lowest BCUT2D eigenvalue weighted by Crippen LogP contribution is -2.50. The van der Waals surface area contributed by atoms with Gasteiger partial charge in [0.1, 0.15) is 6.10 Å². The molecule has 0 bridgehead atoms. The van der Waals surface area contributed by atoms with E-state index in [1.807, 2.05) is 6.92 Å². The topological polar surface area (TPSA) is 64.8 Å². The summed E-state index contributed by atoms with van der Waals surface area (Å²) >= 11 is 0. The van der Waals surface area contributed by atoms with Crippen molar-refractivity contribution in [1.29, 1.82) is 0 Å². The number of carbonyl (C=O) groups is 1. The third-order valence-corrected chi connectivity index (χ3v) is 9.07. The lowest BCUT2D eigenvalue weighted by molar-refractivity contribution is 0.0380. The van der Waals surface area contributed by atoms with Crippen LogP contribution in [0.25, 0.3) is 0 Å². The largest absolute Gasteiger partial charge is 0.445 e. The predicted molar refractivity (Wildman–Crippen MR) is 87.9 cm³/mol. The van der Waals surface area contributed by atoms with Crippen LogP contribution < -0.4 is 5.73 Å². The van der Waals surface area contributed by atoms with Crippen LogP contribution in [0, 0.1) is 0 Å². The van der Waals surface area contributed by atoms with E-state index < -0.39 is 8.32 Å². The maximum Gasteiger partial charge on any atom is 0.410 e. The monoisotopic (exact) mass is 316 g/mol. The third kappa shape index (κ3) is 5.27. The van der Waals surface area contributed by atoms with Crippen LogP contribution in [0.2, 0.25) is 18.1 Å². The first-order valence-corrected chi connectivity index (χ1v) is 10.8. The van der Waals surface area contributed by atoms with E-state index in [4.69, 9.17) is 14.9 Å². The van der Waals surface area contributed by atoms with Crippen molar-refractivity contribution in [3.63, 3.8) is 0 Å². The minimum Gasteiger partial charge on any atom is -0.445 e. The summed E-state index contributed by atoms with van der Waals surface area (Å²) in [6.07, 6.45) is 1.60. The molecule has 1 unspecified atom stereocenters. The van der Waals surface area contributed by atoms with Gasteiger partial charge in [0.2, 0.25) is 0 Å². The Morgan fingerprint density at radius 2 is 2.05 bits per heavy atom. The maximum atomic E-state index is 12.1. The van der Waals surface area contributed by atoms with Crippen molar-refractivity contribution in [2.45, 2.75) is 70.9 Å². The zero-order valence-electron chi connectivity index (χ0n) is 14.4. The molecule has 2 atom stereocenters. The molecule has 1 amide bonds. The van der Waals surface area contributed by atoms with Gasteiger partial charge in [0.05, 0.1) is 6.10 Å². The number of rotatable bonds is 4. The van der Waals surface area contributed by atoms with Gasteiger partial charge in [0.25, 0.3) is 0 Å². The van der Waals surface area contributed by atoms with E-state index in [1.165, 1.54) is 0 Å². The number of carbonyl (C=O) groups excluding carboxylic acids is 1. The second kappa shape index (κ2) is 7.11. The van der Waals surface area contributed by atoms with Crippen LogP contribution in [0.4, 0.5) is 4.79 Å². The fraction of sp³-hybridized carbons (Fsp3) is 0.933. The highest BCUT2D eigenvalue weighted by molar-refractivity contribution is 6.74. The summed E-state index contributed by atoms with van der Waals surface area (Å²) in [6, 6.07) is 0. The molecule has 0 aromatic rings. The van der Waals surface area contributed by atoms with Gasteiger partial charge in [-0.1, -0.05) is 20.8 Å². The molecule has 0 radical (unpaired) electrons. The van der Waals surface area contributed by atoms with Crippen LogP contribution in [0.5, 0.6) is 0 Å². The highest BCUT2D eigenvalue weighted by Gasteiger charge is 2.40. The zero-order valence-corrected chi connectivity index (χ0v) is 15.4. The van der Waals surface area contributed by atoms with E-state index in [-0.39, 0.29) is 23.3 Å². The minimum absolute atomic E-state index is 0.125. The molecule has 1 aliphatic heterocycles. The summed E-state index contributed by atoms with van der Waals surface area (Å²) in [7, 11) is -1.79. The van der Waals surface area contributed by atoms with Crippen LogP contribution in [-0.2, 0) is 9.16 Å². The first-order chi connectivity index (χ1) is 9.56. The molecule has 0 aromatic heterocycles. The van der Waals surface area contributed by atoms with E-state index >= 15 is 0 Å². The Labute approximate surface area is 130 Å². The fourth-order valence-electron chi connectivity index (χ4n) is 2.09. The van der Waals surface area contributed by atoms with Gasteiger partial charge < -0.3 is 19.8 Å². The van der Waals surface area contributed by atoms with Crippen molar-refractivity contribution in [2.75, 3.05) is 19.6 Å². The SMILES string of the molecule is C[C@H](CN)OC(=O)N1CCCC(O[Si](C)(C)C(C)(C)C)C1. The summed E-state index contributed by atoms with van der Waals surface area (Å²) in [5.74, 6) is 0. The van der Waals surface area contributed by atoms with Crippen LogP contribution in [0.1, 0.15) is 40.5 Å². The van der Waals surface area contributed by atoms with Crippen molar-refractivity contribution in [3.05, 3.63) is 0 Å². The number of hydrogen-bond donors (Lipinski definition) is 1. The summed E-state index contributed by atoms with van der Waals surface area (Å²) < 4.78 is 11.7. The molecule has 1 heterocycles. The van der Waals surface area contributed by atoms with Crippen molar-refractivity contribution >= 4 is 14.4 Å². The molecular weight excluding hydrogens is 284 g/mol. The number of ether oxygens (including phenoxy) is 1. The van der Waals surface area contributed by atoms with Gasteiger partial charge in [-0.25, -0.2) is 4.79 Å². The average molecular weight is 317 g/mol. The Bertz CT molecular complexity index is 355. The number of nitrogens with two attached hydrogens (primary N) is 1. The third-order valence-electron chi connectivity index (χ3n) is 4.54. The molecule has 2 N–H and O–H groups in total. The second-order valence-corrected chi connectivity index (χ2v) is 12.3. The molecule has 1 saturated heterocycles. The van der Waals surface area contributed by atoms with Crippen molar-refractivity contribution in [2.24, 2.45) is 5.73 Å². The molecular formula is C15H32N2O3Si. The summed E-state index contributed by atoms with van der Waals surface area (Å²) in [4.78, 5) is 13.8. The smallest absolute Gasteiger partial charge is 0.410 e. The quantitative estimate of drug-likeness (QED) is 0.810. The zero-order chi connectivity index (χ0) is 16.3. The van der Waals surface area contributed by atoms with Crippen molar-refractivity contribution in [3.8, 4) is 0 Å². The van der Waals surface area contributed by atoms with Gasteiger partial charge in [-0.3, -0.25) is 0 Å². The van der Waals surface area contributed by atoms with E-state index in [1.54, 1.807) is 4.90 Å². The first kappa shape index (κ1) is 18.5. The molecule has 0 spiro atoms. The van der Waals surface area contributed by atoms with Crippen LogP contribution >= 0.6 is 0 Å². The van der Waals surface area contributed by atoms with E-state index in [9.17, 15) is 4.79 Å². The Morgan fingerprint density at radius 3 is 2.57 bits per heavy atom. The van der Waals surface area contributed by atoms with Gasteiger partial charge in [-0.15, -0.1) is 0 Å². The summed E-state index contributed by atoms with van der Waals surface area (Å²) in [6.45, 7) is 14.7. The van der Waals surface area contributed by atoms with Crippen LogP contribution in [-0.4, -0.2) is 51.2 Å². The minimum atomic E-state index is -1.79. The highest BCUT2D eigenvalue weighted by atomic mass is 28.4. The number of likely N-dealkylation sites (tertiary alicyclic amines) is 1. The Balaban J connectivity index is 2.58. The molecule has 6 heteroatoms. The standard InChI is InChI=1S/C15H32N2O3Si/c1-12(10-16)19-14(18)17-9-7-8-13(11-17)20-21(5,6)15(2,3)4/h12-13H,7-11,16H2,1-6H3/t12-,13?/m1/s1. The summed E-state index contributed by atoms with van der Waals surface area (Å²) in [5.41, 5.74) is 5.49.